The maximum absolute atomic E-state index is 12.4. The summed E-state index contributed by atoms with van der Waals surface area (Å²) >= 11 is 1.66. The van der Waals surface area contributed by atoms with Gasteiger partial charge in [0.25, 0.3) is 0 Å². The van der Waals surface area contributed by atoms with Gasteiger partial charge in [0, 0.05) is 36.3 Å². The molecule has 1 amide bonds. The standard InChI is InChI=1S/C25H32N6OS/c1-18-22(19(2)31(29-18)21-12-5-4-6-13-21)15-16-24(32)26-17-9-14-23-27-28-25(33-3)30(23)20-10-7-8-11-20/h4-6,12-13,15-16,20H,7-11,14,17H2,1-3H3,(H,26,32)/b16-15+. The van der Waals surface area contributed by atoms with Crippen LogP contribution in [0.4, 0.5) is 0 Å². The Morgan fingerprint density at radius 2 is 1.94 bits per heavy atom. The van der Waals surface area contributed by atoms with Crippen molar-refractivity contribution in [2.45, 2.75) is 63.6 Å². The van der Waals surface area contributed by atoms with Crippen LogP contribution in [-0.4, -0.2) is 43.3 Å². The molecule has 0 saturated heterocycles. The fourth-order valence-electron chi connectivity index (χ4n) is 4.54. The number of nitrogens with zero attached hydrogens (tertiary/aromatic N) is 5. The zero-order chi connectivity index (χ0) is 23.2. The van der Waals surface area contributed by atoms with Crippen molar-refractivity contribution in [1.29, 1.82) is 0 Å². The van der Waals surface area contributed by atoms with Crippen LogP contribution < -0.4 is 5.32 Å². The van der Waals surface area contributed by atoms with Gasteiger partial charge in [-0.1, -0.05) is 42.8 Å². The molecule has 8 heteroatoms. The largest absolute Gasteiger partial charge is 0.353 e. The second kappa shape index (κ2) is 10.8. The summed E-state index contributed by atoms with van der Waals surface area (Å²) in [6.07, 6.45) is 12.1. The van der Waals surface area contributed by atoms with E-state index in [9.17, 15) is 4.79 Å². The van der Waals surface area contributed by atoms with Crippen molar-refractivity contribution in [3.05, 3.63) is 59.2 Å². The predicted octanol–water partition coefficient (Wildman–Crippen LogP) is 4.68. The maximum Gasteiger partial charge on any atom is 0.244 e. The average Bonchev–Trinajstić information content (AvgIpc) is 3.55. The molecule has 0 bridgehead atoms. The second-order valence-electron chi connectivity index (χ2n) is 8.47. The molecule has 1 aliphatic rings. The minimum Gasteiger partial charge on any atom is -0.353 e. The van der Waals surface area contributed by atoms with Crippen LogP contribution in [0, 0.1) is 13.8 Å². The first-order valence-electron chi connectivity index (χ1n) is 11.6. The number of carbonyl (C=O) groups excluding carboxylic acids is 1. The highest BCUT2D eigenvalue weighted by Crippen LogP contribution is 2.33. The molecule has 2 aromatic heterocycles. The summed E-state index contributed by atoms with van der Waals surface area (Å²) in [4.78, 5) is 12.4. The molecular weight excluding hydrogens is 432 g/mol. The van der Waals surface area contributed by atoms with Crippen molar-refractivity contribution in [3.63, 3.8) is 0 Å². The highest BCUT2D eigenvalue weighted by atomic mass is 32.2. The molecule has 7 nitrogen and oxygen atoms in total. The normalized spacial score (nSPS) is 14.4. The van der Waals surface area contributed by atoms with Gasteiger partial charge in [-0.05, 0) is 57.6 Å². The molecule has 0 aliphatic heterocycles. The van der Waals surface area contributed by atoms with Crippen molar-refractivity contribution >= 4 is 23.7 Å². The van der Waals surface area contributed by atoms with Gasteiger partial charge in [0.2, 0.25) is 5.91 Å². The predicted molar refractivity (Wildman–Crippen MR) is 133 cm³/mol. The number of para-hydroxylation sites is 1. The van der Waals surface area contributed by atoms with Crippen LogP contribution in [0.15, 0.2) is 41.6 Å². The number of aromatic nitrogens is 5. The number of benzene rings is 1. The number of aryl methyl sites for hydroxylation is 2. The van der Waals surface area contributed by atoms with E-state index in [1.165, 1.54) is 25.7 Å². The van der Waals surface area contributed by atoms with Gasteiger partial charge in [0.15, 0.2) is 5.16 Å². The monoisotopic (exact) mass is 464 g/mol. The van der Waals surface area contributed by atoms with Crippen LogP contribution in [0.5, 0.6) is 0 Å². The first kappa shape index (κ1) is 23.3. The molecule has 1 N–H and O–H groups in total. The van der Waals surface area contributed by atoms with E-state index < -0.39 is 0 Å². The SMILES string of the molecule is CSc1nnc(CCCNC(=O)/C=C/c2c(C)nn(-c3ccccc3)c2C)n1C1CCCC1. The van der Waals surface area contributed by atoms with E-state index in [0.29, 0.717) is 12.6 Å². The molecule has 0 unspecified atom stereocenters. The van der Waals surface area contributed by atoms with Gasteiger partial charge in [-0.2, -0.15) is 5.10 Å². The molecule has 1 fully saturated rings. The van der Waals surface area contributed by atoms with E-state index in [4.69, 9.17) is 0 Å². The molecule has 1 aliphatic carbocycles. The van der Waals surface area contributed by atoms with Crippen molar-refractivity contribution in [3.8, 4) is 5.69 Å². The van der Waals surface area contributed by atoms with Gasteiger partial charge < -0.3 is 9.88 Å². The number of nitrogens with one attached hydrogen (secondary N) is 1. The molecule has 1 saturated carbocycles. The molecule has 4 rings (SSSR count). The van der Waals surface area contributed by atoms with Crippen LogP contribution in [0.3, 0.4) is 0 Å². The van der Waals surface area contributed by atoms with Crippen molar-refractivity contribution < 1.29 is 4.79 Å². The Balaban J connectivity index is 1.31. The highest BCUT2D eigenvalue weighted by Gasteiger charge is 2.23. The smallest absolute Gasteiger partial charge is 0.244 e. The summed E-state index contributed by atoms with van der Waals surface area (Å²) in [5.74, 6) is 0.943. The fraction of sp³-hybridized carbons (Fsp3) is 0.440. The molecule has 0 radical (unpaired) electrons. The number of hydrogen-bond donors (Lipinski definition) is 1. The van der Waals surface area contributed by atoms with Gasteiger partial charge >= 0.3 is 0 Å². The lowest BCUT2D eigenvalue weighted by Crippen LogP contribution is -2.23. The zero-order valence-corrected chi connectivity index (χ0v) is 20.4. The summed E-state index contributed by atoms with van der Waals surface area (Å²) in [6, 6.07) is 10.5. The van der Waals surface area contributed by atoms with E-state index in [-0.39, 0.29) is 5.91 Å². The van der Waals surface area contributed by atoms with E-state index in [2.05, 4.69) is 31.4 Å². The number of carbonyl (C=O) groups is 1. The van der Waals surface area contributed by atoms with E-state index >= 15 is 0 Å². The van der Waals surface area contributed by atoms with Crippen LogP contribution in [0.2, 0.25) is 0 Å². The Morgan fingerprint density at radius 1 is 1.18 bits per heavy atom. The number of hydrogen-bond acceptors (Lipinski definition) is 5. The minimum absolute atomic E-state index is 0.0941. The second-order valence-corrected chi connectivity index (χ2v) is 9.24. The van der Waals surface area contributed by atoms with Crippen molar-refractivity contribution in [2.75, 3.05) is 12.8 Å². The van der Waals surface area contributed by atoms with Gasteiger partial charge in [0.05, 0.1) is 11.4 Å². The highest BCUT2D eigenvalue weighted by molar-refractivity contribution is 7.98. The maximum atomic E-state index is 12.4. The number of amides is 1. The molecule has 1 aromatic carbocycles. The van der Waals surface area contributed by atoms with Crippen LogP contribution in [0.1, 0.15) is 60.9 Å². The molecule has 3 aromatic rings. The summed E-state index contributed by atoms with van der Waals surface area (Å²) in [5, 5.41) is 17.4. The van der Waals surface area contributed by atoms with Crippen LogP contribution in [-0.2, 0) is 11.2 Å². The van der Waals surface area contributed by atoms with Crippen molar-refractivity contribution in [2.24, 2.45) is 0 Å². The third-order valence-corrected chi connectivity index (χ3v) is 6.88. The number of thioether (sulfide) groups is 1. The quantitative estimate of drug-likeness (QED) is 0.283. The molecule has 33 heavy (non-hydrogen) atoms. The van der Waals surface area contributed by atoms with Crippen LogP contribution >= 0.6 is 11.8 Å². The topological polar surface area (TPSA) is 77.6 Å². The lowest BCUT2D eigenvalue weighted by molar-refractivity contribution is -0.116. The number of rotatable bonds is 9. The Morgan fingerprint density at radius 3 is 2.67 bits per heavy atom. The lowest BCUT2D eigenvalue weighted by atomic mass is 10.2. The summed E-state index contributed by atoms with van der Waals surface area (Å²) < 4.78 is 4.24. The molecule has 0 atom stereocenters. The van der Waals surface area contributed by atoms with Crippen molar-refractivity contribution in [1.82, 2.24) is 29.9 Å². The van der Waals surface area contributed by atoms with Gasteiger partial charge in [-0.25, -0.2) is 4.68 Å². The van der Waals surface area contributed by atoms with Gasteiger partial charge in [-0.3, -0.25) is 4.79 Å². The minimum atomic E-state index is -0.0941. The van der Waals surface area contributed by atoms with E-state index in [1.54, 1.807) is 17.8 Å². The fourth-order valence-corrected chi connectivity index (χ4v) is 5.11. The third kappa shape index (κ3) is 5.38. The Bertz CT molecular complexity index is 1110. The molecule has 0 spiro atoms. The molecule has 174 valence electrons. The molecule has 2 heterocycles. The Labute approximate surface area is 199 Å². The van der Waals surface area contributed by atoms with Crippen LogP contribution in [0.25, 0.3) is 11.8 Å². The first-order chi connectivity index (χ1) is 16.1. The Kier molecular flexibility index (Phi) is 7.65. The molecular formula is C25H32N6OS. The van der Waals surface area contributed by atoms with E-state index in [1.807, 2.05) is 54.9 Å². The first-order valence-corrected chi connectivity index (χ1v) is 12.9. The summed E-state index contributed by atoms with van der Waals surface area (Å²) in [5.41, 5.74) is 3.90. The summed E-state index contributed by atoms with van der Waals surface area (Å²) in [6.45, 7) is 4.60. The Hall–Kier alpha value is -2.87. The van der Waals surface area contributed by atoms with E-state index in [0.717, 1.165) is 46.5 Å². The van der Waals surface area contributed by atoms with Gasteiger partial charge in [0.1, 0.15) is 5.82 Å². The average molecular weight is 465 g/mol. The van der Waals surface area contributed by atoms with Gasteiger partial charge in [-0.15, -0.1) is 10.2 Å². The lowest BCUT2D eigenvalue weighted by Gasteiger charge is -2.16. The summed E-state index contributed by atoms with van der Waals surface area (Å²) in [7, 11) is 0. The third-order valence-electron chi connectivity index (χ3n) is 6.23. The zero-order valence-electron chi connectivity index (χ0n) is 19.6.